The lowest BCUT2D eigenvalue weighted by molar-refractivity contribution is -0.146. The van der Waals surface area contributed by atoms with Gasteiger partial charge in [-0.3, -0.25) is 19.6 Å². The zero-order valence-electron chi connectivity index (χ0n) is 10.5. The number of carbonyl (C=O) groups excluding carboxylic acids is 3. The molecule has 0 radical (unpaired) electrons. The summed E-state index contributed by atoms with van der Waals surface area (Å²) < 4.78 is 0. The molecule has 0 aliphatic rings. The molecule has 0 aliphatic carbocycles. The summed E-state index contributed by atoms with van der Waals surface area (Å²) in [5, 5.41) is 10.6. The Morgan fingerprint density at radius 1 is 1.18 bits per heavy atom. The Kier molecular flexibility index (Phi) is 6.19. The van der Waals surface area contributed by atoms with Crippen molar-refractivity contribution in [3.8, 4) is 0 Å². The van der Waals surface area contributed by atoms with E-state index >= 15 is 0 Å². The molecule has 0 aromatic rings. The molecule has 0 rings (SSSR count). The topological polar surface area (TPSA) is 98.7 Å². The van der Waals surface area contributed by atoms with Crippen LogP contribution in [-0.2, 0) is 14.4 Å². The molecule has 1 atom stereocenters. The van der Waals surface area contributed by atoms with Gasteiger partial charge in [0, 0.05) is 14.1 Å². The van der Waals surface area contributed by atoms with Crippen molar-refractivity contribution in [2.75, 3.05) is 14.1 Å². The third-order valence-corrected chi connectivity index (χ3v) is 2.06. The second-order valence-electron chi connectivity index (χ2n) is 4.33. The van der Waals surface area contributed by atoms with Crippen LogP contribution in [0.1, 0.15) is 20.3 Å². The number of hydroxylamine groups is 1. The highest BCUT2D eigenvalue weighted by Gasteiger charge is 2.25. The lowest BCUT2D eigenvalue weighted by Gasteiger charge is -2.22. The zero-order chi connectivity index (χ0) is 13.6. The molecule has 17 heavy (non-hydrogen) atoms. The predicted molar refractivity (Wildman–Crippen MR) is 60.0 cm³/mol. The first-order valence-electron chi connectivity index (χ1n) is 5.25. The number of carbonyl (C=O) groups is 3. The fraction of sp³-hybridized carbons (Fsp3) is 0.700. The van der Waals surface area contributed by atoms with Crippen LogP contribution in [0.4, 0.5) is 0 Å². The largest absolute Gasteiger partial charge is 0.347 e. The van der Waals surface area contributed by atoms with Crippen molar-refractivity contribution in [2.24, 2.45) is 5.92 Å². The number of rotatable bonds is 4. The normalized spacial score (nSPS) is 11.9. The van der Waals surface area contributed by atoms with Gasteiger partial charge < -0.3 is 10.2 Å². The lowest BCUT2D eigenvalue weighted by Crippen LogP contribution is -2.50. The van der Waals surface area contributed by atoms with Gasteiger partial charge in [-0.25, -0.2) is 5.48 Å². The minimum atomic E-state index is -1.19. The summed E-state index contributed by atoms with van der Waals surface area (Å²) in [7, 11) is 3.13. The van der Waals surface area contributed by atoms with Crippen LogP contribution in [-0.4, -0.2) is 48.0 Å². The SMILES string of the molecule is CC(C)C[C@H](NC(=O)C(=O)NO)C(=O)N(C)C. The van der Waals surface area contributed by atoms with Crippen molar-refractivity contribution >= 4 is 17.7 Å². The monoisotopic (exact) mass is 245 g/mol. The number of hydrogen-bond donors (Lipinski definition) is 3. The molecule has 7 nitrogen and oxygen atoms in total. The second-order valence-corrected chi connectivity index (χ2v) is 4.33. The van der Waals surface area contributed by atoms with Gasteiger partial charge in [0.25, 0.3) is 0 Å². The van der Waals surface area contributed by atoms with Crippen LogP contribution in [0.15, 0.2) is 0 Å². The van der Waals surface area contributed by atoms with Gasteiger partial charge in [0.1, 0.15) is 6.04 Å². The molecule has 0 fully saturated rings. The highest BCUT2D eigenvalue weighted by atomic mass is 16.5. The Hall–Kier alpha value is -1.63. The zero-order valence-corrected chi connectivity index (χ0v) is 10.5. The second kappa shape index (κ2) is 6.85. The molecular formula is C10H19N3O4. The predicted octanol–water partition coefficient (Wildman–Crippen LogP) is -0.889. The Morgan fingerprint density at radius 2 is 1.71 bits per heavy atom. The maximum atomic E-state index is 11.7. The number of nitrogens with zero attached hydrogens (tertiary/aromatic N) is 1. The van der Waals surface area contributed by atoms with E-state index in [1.807, 2.05) is 13.8 Å². The van der Waals surface area contributed by atoms with Crippen LogP contribution in [0.3, 0.4) is 0 Å². The quantitative estimate of drug-likeness (QED) is 0.340. The summed E-state index contributed by atoms with van der Waals surface area (Å²) in [6, 6.07) is -0.769. The van der Waals surface area contributed by atoms with Crippen LogP contribution < -0.4 is 10.8 Å². The minimum absolute atomic E-state index is 0.182. The number of hydrogen-bond acceptors (Lipinski definition) is 4. The summed E-state index contributed by atoms with van der Waals surface area (Å²) in [6.07, 6.45) is 0.418. The van der Waals surface area contributed by atoms with Crippen molar-refractivity contribution in [2.45, 2.75) is 26.3 Å². The number of nitrogens with one attached hydrogen (secondary N) is 2. The molecule has 0 saturated heterocycles. The van der Waals surface area contributed by atoms with Gasteiger partial charge in [0.2, 0.25) is 5.91 Å². The van der Waals surface area contributed by atoms with Crippen LogP contribution in [0.5, 0.6) is 0 Å². The van der Waals surface area contributed by atoms with Crippen LogP contribution >= 0.6 is 0 Å². The third-order valence-electron chi connectivity index (χ3n) is 2.06. The first-order chi connectivity index (χ1) is 7.79. The van der Waals surface area contributed by atoms with Gasteiger partial charge in [-0.2, -0.15) is 0 Å². The van der Waals surface area contributed by atoms with Crippen LogP contribution in [0.25, 0.3) is 0 Å². The van der Waals surface area contributed by atoms with Gasteiger partial charge >= 0.3 is 11.8 Å². The third kappa shape index (κ3) is 5.30. The maximum absolute atomic E-state index is 11.7. The summed E-state index contributed by atoms with van der Waals surface area (Å²) in [5.41, 5.74) is 1.22. The molecule has 0 unspecified atom stereocenters. The van der Waals surface area contributed by atoms with Gasteiger partial charge in [-0.05, 0) is 12.3 Å². The van der Waals surface area contributed by atoms with Crippen molar-refractivity contribution < 1.29 is 19.6 Å². The van der Waals surface area contributed by atoms with Crippen LogP contribution in [0.2, 0.25) is 0 Å². The molecule has 0 heterocycles. The van der Waals surface area contributed by atoms with E-state index in [1.54, 1.807) is 14.1 Å². The molecular weight excluding hydrogens is 226 g/mol. The molecule has 0 spiro atoms. The van der Waals surface area contributed by atoms with Gasteiger partial charge in [0.05, 0.1) is 0 Å². The first kappa shape index (κ1) is 15.4. The van der Waals surface area contributed by atoms with Crippen molar-refractivity contribution in [1.82, 2.24) is 15.7 Å². The van der Waals surface area contributed by atoms with E-state index in [0.29, 0.717) is 6.42 Å². The Labute approximate surface area is 100 Å². The van der Waals surface area contributed by atoms with E-state index in [9.17, 15) is 14.4 Å². The van der Waals surface area contributed by atoms with Gasteiger partial charge in [-0.1, -0.05) is 13.8 Å². The molecule has 7 heteroatoms. The summed E-state index contributed by atoms with van der Waals surface area (Å²) in [6.45, 7) is 3.79. The summed E-state index contributed by atoms with van der Waals surface area (Å²) in [5.74, 6) is -2.34. The number of amides is 3. The fourth-order valence-electron chi connectivity index (χ4n) is 1.28. The van der Waals surface area contributed by atoms with E-state index < -0.39 is 17.9 Å². The summed E-state index contributed by atoms with van der Waals surface area (Å²) in [4.78, 5) is 35.1. The maximum Gasteiger partial charge on any atom is 0.332 e. The van der Waals surface area contributed by atoms with E-state index in [2.05, 4.69) is 5.32 Å². The Bertz CT molecular complexity index is 302. The molecule has 0 aliphatic heterocycles. The van der Waals surface area contributed by atoms with E-state index in [4.69, 9.17) is 5.21 Å². The molecule has 3 amide bonds. The van der Waals surface area contributed by atoms with Crippen molar-refractivity contribution in [3.63, 3.8) is 0 Å². The highest BCUT2D eigenvalue weighted by molar-refractivity contribution is 6.35. The first-order valence-corrected chi connectivity index (χ1v) is 5.25. The fourth-order valence-corrected chi connectivity index (χ4v) is 1.28. The summed E-state index contributed by atoms with van der Waals surface area (Å²) >= 11 is 0. The average molecular weight is 245 g/mol. The Balaban J connectivity index is 4.65. The van der Waals surface area contributed by atoms with Gasteiger partial charge in [0.15, 0.2) is 0 Å². The average Bonchev–Trinajstić information content (AvgIpc) is 2.24. The van der Waals surface area contributed by atoms with E-state index in [1.165, 1.54) is 10.4 Å². The Morgan fingerprint density at radius 3 is 2.06 bits per heavy atom. The minimum Gasteiger partial charge on any atom is -0.347 e. The van der Waals surface area contributed by atoms with E-state index in [-0.39, 0.29) is 11.8 Å². The van der Waals surface area contributed by atoms with Crippen molar-refractivity contribution in [1.29, 1.82) is 0 Å². The molecule has 98 valence electrons. The smallest absolute Gasteiger partial charge is 0.332 e. The molecule has 0 saturated carbocycles. The standard InChI is InChI=1S/C10H19N3O4/c1-6(2)5-7(10(16)13(3)4)11-8(14)9(15)12-17/h6-7,17H,5H2,1-4H3,(H,11,14)(H,12,15)/t7-/m0/s1. The van der Waals surface area contributed by atoms with Crippen LogP contribution in [0, 0.1) is 5.92 Å². The molecule has 0 aromatic carbocycles. The van der Waals surface area contributed by atoms with Gasteiger partial charge in [-0.15, -0.1) is 0 Å². The molecule has 3 N–H and O–H groups in total. The van der Waals surface area contributed by atoms with E-state index in [0.717, 1.165) is 0 Å². The number of likely N-dealkylation sites (N-methyl/N-ethyl adjacent to an activating group) is 1. The molecule has 0 bridgehead atoms. The lowest BCUT2D eigenvalue weighted by atomic mass is 10.0. The molecule has 0 aromatic heterocycles. The van der Waals surface area contributed by atoms with Crippen molar-refractivity contribution in [3.05, 3.63) is 0 Å². The highest BCUT2D eigenvalue weighted by Crippen LogP contribution is 2.06.